The zero-order chi connectivity index (χ0) is 28.0. The van der Waals surface area contributed by atoms with Crippen LogP contribution in [0.15, 0.2) is 23.8 Å². The molecule has 13 heteroatoms. The van der Waals surface area contributed by atoms with Crippen LogP contribution in [0.1, 0.15) is 40.5 Å². The van der Waals surface area contributed by atoms with E-state index in [1.54, 1.807) is 6.92 Å². The third kappa shape index (κ3) is 3.79. The zero-order valence-electron chi connectivity index (χ0n) is 21.5. The summed E-state index contributed by atoms with van der Waals surface area (Å²) in [7, 11) is 1.10. The Kier molecular flexibility index (Phi) is 5.86. The Morgan fingerprint density at radius 3 is 2.34 bits per heavy atom. The van der Waals surface area contributed by atoms with Crippen molar-refractivity contribution >= 4 is 23.9 Å². The van der Waals surface area contributed by atoms with Gasteiger partial charge >= 0.3 is 23.9 Å². The van der Waals surface area contributed by atoms with Gasteiger partial charge in [0.05, 0.1) is 12.7 Å². The molecule has 0 aromatic carbocycles. The number of methoxy groups -OCH3 is 1. The van der Waals surface area contributed by atoms with Gasteiger partial charge in [-0.1, -0.05) is 6.58 Å². The van der Waals surface area contributed by atoms with Gasteiger partial charge in [-0.05, 0) is 26.3 Å². The lowest BCUT2D eigenvalue weighted by atomic mass is 9.78. The first-order valence-electron chi connectivity index (χ1n) is 12.1. The molecule has 10 atom stereocenters. The van der Waals surface area contributed by atoms with E-state index in [9.17, 15) is 29.4 Å². The van der Waals surface area contributed by atoms with Crippen molar-refractivity contribution in [3.05, 3.63) is 23.8 Å². The number of epoxide rings is 2. The van der Waals surface area contributed by atoms with Gasteiger partial charge in [-0.25, -0.2) is 9.59 Å². The van der Waals surface area contributed by atoms with Crippen molar-refractivity contribution in [1.82, 2.24) is 0 Å². The van der Waals surface area contributed by atoms with E-state index < -0.39 is 83.1 Å². The van der Waals surface area contributed by atoms with Gasteiger partial charge in [0.25, 0.3) is 0 Å². The van der Waals surface area contributed by atoms with Crippen molar-refractivity contribution in [2.24, 2.45) is 5.92 Å². The fraction of sp³-hybridized carbons (Fsp3) is 0.680. The van der Waals surface area contributed by atoms with Crippen LogP contribution < -0.4 is 0 Å². The Balaban J connectivity index is 1.68. The molecule has 5 aliphatic heterocycles. The van der Waals surface area contributed by atoms with E-state index in [1.807, 2.05) is 0 Å². The topological polar surface area (TPSA) is 180 Å². The van der Waals surface area contributed by atoms with Gasteiger partial charge in [-0.2, -0.15) is 0 Å². The van der Waals surface area contributed by atoms with Crippen molar-refractivity contribution in [2.75, 3.05) is 7.11 Å². The van der Waals surface area contributed by atoms with Gasteiger partial charge in [-0.15, -0.1) is 0 Å². The van der Waals surface area contributed by atoms with Gasteiger partial charge in [0.2, 0.25) is 11.6 Å². The van der Waals surface area contributed by atoms with E-state index >= 15 is 0 Å². The second-order valence-electron chi connectivity index (χ2n) is 10.7. The molecule has 0 aromatic heterocycles. The van der Waals surface area contributed by atoms with Crippen LogP contribution in [0.2, 0.25) is 0 Å². The summed E-state index contributed by atoms with van der Waals surface area (Å²) in [6.45, 7) is 9.11. The molecule has 5 heterocycles. The fourth-order valence-electron chi connectivity index (χ4n) is 6.07. The van der Waals surface area contributed by atoms with E-state index in [0.717, 1.165) is 21.0 Å². The Morgan fingerprint density at radius 2 is 1.74 bits per heavy atom. The Bertz CT molecular complexity index is 1160. The highest BCUT2D eigenvalue weighted by Gasteiger charge is 2.89. The van der Waals surface area contributed by atoms with Gasteiger partial charge < -0.3 is 43.4 Å². The third-order valence-electron chi connectivity index (χ3n) is 8.00. The van der Waals surface area contributed by atoms with Crippen LogP contribution in [0.4, 0.5) is 0 Å². The van der Waals surface area contributed by atoms with Crippen LogP contribution >= 0.6 is 0 Å². The molecule has 0 amide bonds. The fourth-order valence-corrected chi connectivity index (χ4v) is 6.07. The molecular weight excluding hydrogens is 508 g/mol. The van der Waals surface area contributed by atoms with Crippen LogP contribution in [0, 0.1) is 5.92 Å². The molecular formula is C25H30O13. The average Bonchev–Trinajstić information content (AvgIpc) is 3.65. The van der Waals surface area contributed by atoms with Crippen LogP contribution in [0.5, 0.6) is 0 Å². The second-order valence-corrected chi connectivity index (χ2v) is 10.7. The zero-order valence-corrected chi connectivity index (χ0v) is 21.5. The Morgan fingerprint density at radius 1 is 1.08 bits per heavy atom. The van der Waals surface area contributed by atoms with Crippen molar-refractivity contribution in [3.63, 3.8) is 0 Å². The summed E-state index contributed by atoms with van der Waals surface area (Å²) in [6.07, 6.45) is -4.74. The summed E-state index contributed by atoms with van der Waals surface area (Å²) >= 11 is 0. The molecule has 0 unspecified atom stereocenters. The van der Waals surface area contributed by atoms with Crippen LogP contribution in [-0.4, -0.2) is 94.5 Å². The predicted molar refractivity (Wildman–Crippen MR) is 120 cm³/mol. The van der Waals surface area contributed by atoms with E-state index in [-0.39, 0.29) is 24.0 Å². The van der Waals surface area contributed by atoms with Gasteiger partial charge in [0.1, 0.15) is 30.0 Å². The maximum atomic E-state index is 12.9. The third-order valence-corrected chi connectivity index (χ3v) is 8.00. The Labute approximate surface area is 217 Å². The maximum absolute atomic E-state index is 12.9. The van der Waals surface area contributed by atoms with E-state index in [0.29, 0.717) is 0 Å². The molecule has 0 aliphatic carbocycles. The number of carbonyl (C=O) groups is 4. The largest absolute Gasteiger partial charge is 0.466 e. The summed E-state index contributed by atoms with van der Waals surface area (Å²) in [6, 6.07) is 0. The maximum Gasteiger partial charge on any atom is 0.338 e. The summed E-state index contributed by atoms with van der Waals surface area (Å²) in [5, 5.41) is 23.7. The second kappa shape index (κ2) is 8.33. The minimum absolute atomic E-state index is 0.0157. The highest BCUT2D eigenvalue weighted by molar-refractivity contribution is 5.93. The van der Waals surface area contributed by atoms with Crippen molar-refractivity contribution in [1.29, 1.82) is 0 Å². The van der Waals surface area contributed by atoms with Gasteiger partial charge in [0, 0.05) is 31.8 Å². The van der Waals surface area contributed by atoms with Crippen LogP contribution in [0.3, 0.4) is 0 Å². The van der Waals surface area contributed by atoms with Crippen molar-refractivity contribution < 1.29 is 62.5 Å². The molecule has 0 saturated carbocycles. The minimum Gasteiger partial charge on any atom is -0.466 e. The van der Waals surface area contributed by atoms with Gasteiger partial charge in [0.15, 0.2) is 11.7 Å². The number of hydrogen-bond acceptors (Lipinski definition) is 13. The summed E-state index contributed by atoms with van der Waals surface area (Å²) in [4.78, 5) is 49.9. The SMILES string of the molecule is C=C(C(=O)OC)[C@@H]1C[C@@H](OC(C)=O)C2=C[C@H](C[C@]3(C)O[C@@H]3[C@@]3(O)O[C@@](O)([C@H]1OC(C)=O)[C@]1(C)O[C@H]31)OC2=O. The molecule has 5 aliphatic rings. The smallest absolute Gasteiger partial charge is 0.338 e. The number of fused-ring (bicyclic) bond motifs is 8. The molecule has 0 spiro atoms. The molecule has 208 valence electrons. The molecule has 0 radical (unpaired) electrons. The highest BCUT2D eigenvalue weighted by Crippen LogP contribution is 2.66. The van der Waals surface area contributed by atoms with E-state index in [2.05, 4.69) is 6.58 Å². The quantitative estimate of drug-likeness (QED) is 0.204. The summed E-state index contributed by atoms with van der Waals surface area (Å²) in [5.74, 6) is -9.38. The predicted octanol–water partition coefficient (Wildman–Crippen LogP) is -0.437. The molecule has 3 fully saturated rings. The molecule has 0 aromatic rings. The molecule has 5 rings (SSSR count). The normalized spacial score (nSPS) is 46.5. The first-order valence-corrected chi connectivity index (χ1v) is 12.1. The van der Waals surface area contributed by atoms with E-state index in [4.69, 9.17) is 33.2 Å². The number of carbonyl (C=O) groups excluding carboxylic acids is 4. The lowest BCUT2D eigenvalue weighted by Gasteiger charge is -2.42. The molecule has 2 N–H and O–H groups in total. The molecule has 38 heavy (non-hydrogen) atoms. The number of aliphatic hydroxyl groups is 2. The standard InChI is InChI=1S/C25H30O13/c1-10(18(28)32-6)14-8-16(33-11(2)26)15-7-13(35-19(15)29)9-22(4)20(36-22)24(30)21-23(5,37-21)25(31,38-24)17(14)34-12(3)27/h7,13-14,16-17,20-21,30-31H,1,8-9H2,2-6H3/t13-,14+,16-,17+,20+,21+,22+,23-,24-,25+/m1/s1. The summed E-state index contributed by atoms with van der Waals surface area (Å²) < 4.78 is 38.8. The lowest BCUT2D eigenvalue weighted by molar-refractivity contribution is -0.371. The number of esters is 4. The first-order chi connectivity index (χ1) is 17.6. The lowest BCUT2D eigenvalue weighted by Crippen LogP contribution is -2.60. The van der Waals surface area contributed by atoms with Crippen LogP contribution in [0.25, 0.3) is 0 Å². The number of hydrogen-bond donors (Lipinski definition) is 2. The molecule has 3 saturated heterocycles. The van der Waals surface area contributed by atoms with Crippen LogP contribution in [-0.2, 0) is 52.3 Å². The molecule has 4 bridgehead atoms. The van der Waals surface area contributed by atoms with Crippen molar-refractivity contribution in [3.8, 4) is 0 Å². The Hall–Kier alpha value is -2.84. The molecule has 13 nitrogen and oxygen atoms in total. The van der Waals surface area contributed by atoms with Gasteiger partial charge in [-0.3, -0.25) is 9.59 Å². The minimum atomic E-state index is -2.53. The number of rotatable bonds is 4. The first kappa shape index (κ1) is 26.8. The van der Waals surface area contributed by atoms with E-state index in [1.165, 1.54) is 13.0 Å². The summed E-state index contributed by atoms with van der Waals surface area (Å²) in [5.41, 5.74) is -2.96. The highest BCUT2D eigenvalue weighted by atomic mass is 16.8. The monoisotopic (exact) mass is 538 g/mol. The number of ether oxygens (including phenoxy) is 7. The average molecular weight is 539 g/mol. The van der Waals surface area contributed by atoms with Crippen molar-refractivity contribution in [2.45, 2.75) is 93.8 Å².